The molecule has 1 aromatic heterocycles. The molecule has 4 aromatic carbocycles. The molecule has 1 aliphatic heterocycles. The molecule has 0 radical (unpaired) electrons. The van der Waals surface area contributed by atoms with Gasteiger partial charge in [0.05, 0.1) is 53.8 Å². The molecule has 0 saturated carbocycles. The maximum atomic E-state index is 12.5. The predicted molar refractivity (Wildman–Crippen MR) is 232 cm³/mol. The van der Waals surface area contributed by atoms with Crippen LogP contribution in [0.25, 0.3) is 21.1 Å². The Morgan fingerprint density at radius 2 is 1.31 bits per heavy atom. The van der Waals surface area contributed by atoms with Gasteiger partial charge in [-0.25, -0.2) is 9.69 Å². The SMILES string of the molecule is C.C1CCOC1.[C-]#[N+]c1ccc(C[C@@H](C(=O)NCC(=O)c2ccccc2)[C@H](C)O)c(C)c1Cl.[C-]#[N+]c1ccc(C[C@@H](c2nnc(-c3ccccc3)o2)[C@H](C)O)c(C)c1Cl. The van der Waals surface area contributed by atoms with Crippen LogP contribution in [0.2, 0.25) is 10.0 Å². The van der Waals surface area contributed by atoms with Crippen LogP contribution in [0.4, 0.5) is 11.4 Å². The molecule has 5 aromatic rings. The van der Waals surface area contributed by atoms with E-state index in [1.54, 1.807) is 56.3 Å². The number of aromatic nitrogens is 2. The number of benzene rings is 4. The number of aliphatic hydroxyl groups excluding tert-OH is 2. The van der Waals surface area contributed by atoms with E-state index < -0.39 is 24.0 Å². The smallest absolute Gasteiger partial charge is 0.247 e. The zero-order chi connectivity index (χ0) is 42.2. The van der Waals surface area contributed by atoms with Crippen molar-refractivity contribution in [3.8, 4) is 11.5 Å². The third kappa shape index (κ3) is 13.6. The van der Waals surface area contributed by atoms with E-state index in [-0.39, 0.29) is 32.1 Å². The molecule has 4 atom stereocenters. The number of rotatable bonds is 12. The quantitative estimate of drug-likeness (QED) is 0.0832. The molecule has 1 amide bonds. The van der Waals surface area contributed by atoms with Gasteiger partial charge in [0.15, 0.2) is 5.78 Å². The van der Waals surface area contributed by atoms with Crippen LogP contribution in [0.5, 0.6) is 0 Å². The molecule has 0 spiro atoms. The minimum Gasteiger partial charge on any atom is -0.420 e. The van der Waals surface area contributed by atoms with Gasteiger partial charge in [0.1, 0.15) is 0 Å². The van der Waals surface area contributed by atoms with Gasteiger partial charge < -0.3 is 24.7 Å². The first-order chi connectivity index (χ1) is 27.9. The molecular weight excluding hydrogens is 789 g/mol. The summed E-state index contributed by atoms with van der Waals surface area (Å²) in [5, 5.41) is 32.0. The summed E-state index contributed by atoms with van der Waals surface area (Å²) in [6.07, 6.45) is 1.71. The number of Topliss-reactive ketones (excluding diaryl/α,β-unsaturated/α-hetero) is 1. The maximum absolute atomic E-state index is 12.5. The number of hydrogen-bond donors (Lipinski definition) is 3. The normalized spacial score (nSPS) is 13.7. The van der Waals surface area contributed by atoms with Crippen LogP contribution in [0.1, 0.15) is 78.5 Å². The minimum atomic E-state index is -0.907. The van der Waals surface area contributed by atoms with E-state index in [0.717, 1.165) is 35.5 Å². The first-order valence-corrected chi connectivity index (χ1v) is 19.6. The number of carbonyl (C=O) groups excluding carboxylic acids is 2. The Morgan fingerprint density at radius 1 is 0.780 bits per heavy atom. The molecule has 3 N–H and O–H groups in total. The summed E-state index contributed by atoms with van der Waals surface area (Å²) in [6.45, 7) is 23.0. The monoisotopic (exact) mass is 839 g/mol. The lowest BCUT2D eigenvalue weighted by Gasteiger charge is -2.21. The molecule has 59 heavy (non-hydrogen) atoms. The summed E-state index contributed by atoms with van der Waals surface area (Å²) >= 11 is 12.5. The average Bonchev–Trinajstić information content (AvgIpc) is 3.99. The zero-order valence-electron chi connectivity index (χ0n) is 32.9. The lowest BCUT2D eigenvalue weighted by molar-refractivity contribution is -0.127. The van der Waals surface area contributed by atoms with Gasteiger partial charge in [-0.2, -0.15) is 0 Å². The lowest BCUT2D eigenvalue weighted by atomic mass is 9.91. The number of carbonyl (C=O) groups is 2. The van der Waals surface area contributed by atoms with Crippen LogP contribution < -0.4 is 5.32 Å². The summed E-state index contributed by atoms with van der Waals surface area (Å²) in [6, 6.07) is 25.1. The van der Waals surface area contributed by atoms with E-state index in [2.05, 4.69) is 25.2 Å². The number of ketones is 1. The van der Waals surface area contributed by atoms with Gasteiger partial charge in [0.25, 0.3) is 0 Å². The second kappa shape index (κ2) is 23.9. The Morgan fingerprint density at radius 3 is 1.78 bits per heavy atom. The molecule has 1 saturated heterocycles. The molecule has 310 valence electrons. The van der Waals surface area contributed by atoms with E-state index in [9.17, 15) is 19.8 Å². The van der Waals surface area contributed by atoms with Crippen molar-refractivity contribution in [2.24, 2.45) is 5.92 Å². The summed E-state index contributed by atoms with van der Waals surface area (Å²) in [5.41, 5.74) is 5.38. The van der Waals surface area contributed by atoms with Gasteiger partial charge in [0, 0.05) is 24.3 Å². The third-order valence-electron chi connectivity index (χ3n) is 9.70. The van der Waals surface area contributed by atoms with Crippen LogP contribution in [-0.2, 0) is 22.4 Å². The van der Waals surface area contributed by atoms with Crippen LogP contribution in [-0.4, -0.2) is 64.1 Å². The Bertz CT molecular complexity index is 2200. The molecule has 0 unspecified atom stereocenters. The molecule has 13 heteroatoms. The highest BCUT2D eigenvalue weighted by Gasteiger charge is 2.27. The van der Waals surface area contributed by atoms with Crippen molar-refractivity contribution >= 4 is 46.3 Å². The van der Waals surface area contributed by atoms with E-state index in [1.807, 2.05) is 49.4 Å². The largest absolute Gasteiger partial charge is 0.420 e. The number of nitrogens with one attached hydrogen (secondary N) is 1. The highest BCUT2D eigenvalue weighted by Crippen LogP contribution is 2.35. The lowest BCUT2D eigenvalue weighted by Crippen LogP contribution is -2.40. The topological polar surface area (TPSA) is 144 Å². The number of hydrogen-bond acceptors (Lipinski definition) is 8. The van der Waals surface area contributed by atoms with E-state index in [4.69, 9.17) is 45.5 Å². The maximum Gasteiger partial charge on any atom is 0.247 e. The number of halogens is 2. The third-order valence-corrected chi connectivity index (χ3v) is 10.7. The summed E-state index contributed by atoms with van der Waals surface area (Å²) in [5.74, 6) is -0.906. The van der Waals surface area contributed by atoms with Gasteiger partial charge in [-0.1, -0.05) is 103 Å². The number of amides is 1. The van der Waals surface area contributed by atoms with Crippen molar-refractivity contribution in [2.75, 3.05) is 19.8 Å². The fraction of sp³-hybridized carbons (Fsp3) is 0.348. The van der Waals surface area contributed by atoms with Crippen molar-refractivity contribution in [1.29, 1.82) is 0 Å². The van der Waals surface area contributed by atoms with Crippen molar-refractivity contribution < 1.29 is 29.0 Å². The zero-order valence-corrected chi connectivity index (χ0v) is 34.4. The highest BCUT2D eigenvalue weighted by molar-refractivity contribution is 6.34. The first kappa shape index (κ1) is 48.0. The van der Waals surface area contributed by atoms with Crippen molar-refractivity contribution in [3.63, 3.8) is 0 Å². The average molecular weight is 841 g/mol. The fourth-order valence-electron chi connectivity index (χ4n) is 6.07. The first-order valence-electron chi connectivity index (χ1n) is 18.9. The van der Waals surface area contributed by atoms with Gasteiger partial charge in [-0.3, -0.25) is 9.59 Å². The Labute approximate surface area is 357 Å². The van der Waals surface area contributed by atoms with Crippen molar-refractivity contribution in [2.45, 2.75) is 78.9 Å². The highest BCUT2D eigenvalue weighted by atomic mass is 35.5. The van der Waals surface area contributed by atoms with Crippen molar-refractivity contribution in [1.82, 2.24) is 15.5 Å². The molecule has 1 fully saturated rings. The molecule has 0 aliphatic carbocycles. The molecule has 1 aliphatic rings. The van der Waals surface area contributed by atoms with E-state index >= 15 is 0 Å². The molecule has 6 rings (SSSR count). The molecule has 0 bridgehead atoms. The fourth-order valence-corrected chi connectivity index (χ4v) is 6.53. The van der Waals surface area contributed by atoms with Crippen LogP contribution in [0, 0.1) is 32.9 Å². The predicted octanol–water partition coefficient (Wildman–Crippen LogP) is 10.1. The van der Waals surface area contributed by atoms with Gasteiger partial charge in [-0.15, -0.1) is 10.2 Å². The van der Waals surface area contributed by atoms with Crippen molar-refractivity contribution in [3.05, 3.63) is 152 Å². The second-order valence-corrected chi connectivity index (χ2v) is 14.6. The van der Waals surface area contributed by atoms with E-state index in [1.165, 1.54) is 19.8 Å². The molecular formula is C46H51Cl2N5O6. The summed E-state index contributed by atoms with van der Waals surface area (Å²) < 4.78 is 10.8. The Kier molecular flexibility index (Phi) is 19.4. The van der Waals surface area contributed by atoms with Gasteiger partial charge in [0.2, 0.25) is 29.1 Å². The Hall–Kier alpha value is -5.40. The Balaban J connectivity index is 0.000000277. The minimum absolute atomic E-state index is 0. The second-order valence-electron chi connectivity index (χ2n) is 13.8. The van der Waals surface area contributed by atoms with Crippen LogP contribution in [0.3, 0.4) is 0 Å². The van der Waals surface area contributed by atoms with Gasteiger partial charge in [-0.05, 0) is 87.8 Å². The molecule has 2 heterocycles. The van der Waals surface area contributed by atoms with E-state index in [0.29, 0.717) is 50.7 Å². The standard InChI is InChI=1S/C21H21ClN2O3.C20H18ClN3O2.C4H8O.CH4/c1-13-16(9-10-18(23-3)20(13)22)11-17(14(2)25)21(27)24-12-19(26)15-7-5-4-6-8-15;1-12-15(9-10-17(22-3)18(12)21)11-16(13(2)25)20-24-23-19(26-20)14-7-5-4-6-8-14;1-2-4-5-3-1;/h4-10,14,17,25H,11-12H2,1-2H3,(H,24,27);4-10,13,16,25H,11H2,1-2H3;1-4H2;1H4/t14-,17+;13-,16+;;/m00../s1. The summed E-state index contributed by atoms with van der Waals surface area (Å²) in [7, 11) is 0. The number of nitrogens with zero attached hydrogens (tertiary/aromatic N) is 4. The number of ether oxygens (including phenoxy) is 1. The van der Waals surface area contributed by atoms with Crippen LogP contribution >= 0.6 is 23.2 Å². The van der Waals surface area contributed by atoms with Crippen LogP contribution in [0.15, 0.2) is 89.3 Å². The molecule has 11 nitrogen and oxygen atoms in total. The van der Waals surface area contributed by atoms with Gasteiger partial charge >= 0.3 is 0 Å². The summed E-state index contributed by atoms with van der Waals surface area (Å²) in [4.78, 5) is 31.4. The number of aliphatic hydroxyl groups is 2.